The first-order valence-corrected chi connectivity index (χ1v) is 13.3. The summed E-state index contributed by atoms with van der Waals surface area (Å²) in [5, 5.41) is 2.02. The number of piperidine rings is 1. The molecule has 2 atom stereocenters. The minimum Gasteiger partial charge on any atom is -0.448 e. The summed E-state index contributed by atoms with van der Waals surface area (Å²) in [6.45, 7) is 1.14. The molecule has 0 radical (unpaired) electrons. The van der Waals surface area contributed by atoms with Crippen LogP contribution in [0.2, 0.25) is 0 Å². The molecule has 190 valence electrons. The molecule has 2 saturated heterocycles. The number of fused-ring (bicyclic) bond motifs is 6. The van der Waals surface area contributed by atoms with Crippen LogP contribution in [-0.4, -0.2) is 53.7 Å². The summed E-state index contributed by atoms with van der Waals surface area (Å²) >= 11 is 0. The van der Waals surface area contributed by atoms with Crippen LogP contribution in [0.5, 0.6) is 0 Å². The van der Waals surface area contributed by atoms with Gasteiger partial charge in [-0.05, 0) is 52.6 Å². The van der Waals surface area contributed by atoms with Crippen LogP contribution in [-0.2, 0) is 9.47 Å². The third-order valence-corrected chi connectivity index (χ3v) is 8.36. The SMILES string of the molecule is O=C(c1ccc2cnccc2c1)C1CC2COCC(C1)N2C(=O)OCC1c2ccccc2-c2ccccc21. The second kappa shape index (κ2) is 9.37. The van der Waals surface area contributed by atoms with Gasteiger partial charge in [-0.15, -0.1) is 0 Å². The maximum atomic E-state index is 13.5. The lowest BCUT2D eigenvalue weighted by atomic mass is 9.80. The molecule has 3 aromatic carbocycles. The number of pyridine rings is 1. The van der Waals surface area contributed by atoms with Crippen molar-refractivity contribution < 1.29 is 19.1 Å². The van der Waals surface area contributed by atoms with E-state index in [1.165, 1.54) is 22.3 Å². The summed E-state index contributed by atoms with van der Waals surface area (Å²) in [5.41, 5.74) is 5.51. The van der Waals surface area contributed by atoms with Gasteiger partial charge in [0.05, 0.1) is 25.3 Å². The van der Waals surface area contributed by atoms with Crippen molar-refractivity contribution in [1.82, 2.24) is 9.88 Å². The molecule has 3 aliphatic rings. The Kier molecular flexibility index (Phi) is 5.70. The lowest BCUT2D eigenvalue weighted by molar-refractivity contribution is -0.0747. The molecule has 4 aromatic rings. The molecule has 2 fully saturated rings. The Morgan fingerprint density at radius 2 is 1.55 bits per heavy atom. The van der Waals surface area contributed by atoms with Crippen LogP contribution in [0.4, 0.5) is 4.79 Å². The first-order chi connectivity index (χ1) is 18.7. The van der Waals surface area contributed by atoms with E-state index in [0.29, 0.717) is 31.6 Å². The van der Waals surface area contributed by atoms with Gasteiger partial charge in [0, 0.05) is 35.2 Å². The van der Waals surface area contributed by atoms with Crippen molar-refractivity contribution in [3.05, 3.63) is 102 Å². The maximum absolute atomic E-state index is 13.5. The van der Waals surface area contributed by atoms with Crippen molar-refractivity contribution >= 4 is 22.6 Å². The van der Waals surface area contributed by atoms with E-state index in [9.17, 15) is 9.59 Å². The molecule has 38 heavy (non-hydrogen) atoms. The summed E-state index contributed by atoms with van der Waals surface area (Å²) in [6.07, 6.45) is 4.39. The fraction of sp³-hybridized carbons (Fsp3) is 0.281. The Morgan fingerprint density at radius 1 is 0.868 bits per heavy atom. The quantitative estimate of drug-likeness (QED) is 0.326. The van der Waals surface area contributed by atoms with Crippen LogP contribution in [0.25, 0.3) is 21.9 Å². The zero-order valence-corrected chi connectivity index (χ0v) is 21.0. The van der Waals surface area contributed by atoms with E-state index in [2.05, 4.69) is 29.2 Å². The normalized spacial score (nSPS) is 22.1. The van der Waals surface area contributed by atoms with E-state index < -0.39 is 0 Å². The Balaban J connectivity index is 1.07. The average molecular weight is 505 g/mol. The Bertz CT molecular complexity index is 1490. The van der Waals surface area contributed by atoms with E-state index in [0.717, 1.165) is 10.8 Å². The number of carbonyl (C=O) groups excluding carboxylic acids is 2. The minimum absolute atomic E-state index is 0.0182. The lowest BCUT2D eigenvalue weighted by Crippen LogP contribution is -2.60. The lowest BCUT2D eigenvalue weighted by Gasteiger charge is -2.47. The molecular formula is C32H28N2O4. The van der Waals surface area contributed by atoms with Crippen molar-refractivity contribution in [3.8, 4) is 11.1 Å². The first-order valence-electron chi connectivity index (χ1n) is 13.3. The number of Topliss-reactive ketones (excluding diaryl/α,β-unsaturated/α-hetero) is 1. The van der Waals surface area contributed by atoms with Gasteiger partial charge in [-0.25, -0.2) is 4.79 Å². The second-order valence-electron chi connectivity index (χ2n) is 10.5. The topological polar surface area (TPSA) is 68.7 Å². The highest BCUT2D eigenvalue weighted by Gasteiger charge is 2.45. The standard InChI is InChI=1S/C32H28N2O4/c35-31(21-9-10-22-16-33-12-11-20(22)13-21)23-14-24-17-37-18-25(15-23)34(24)32(36)38-19-30-28-7-3-1-5-26(28)27-6-2-4-8-29(27)30/h1-13,16,23-25,30H,14-15,17-19H2. The smallest absolute Gasteiger partial charge is 0.410 e. The number of carbonyl (C=O) groups is 2. The number of ketones is 1. The van der Waals surface area contributed by atoms with Crippen molar-refractivity contribution in [2.45, 2.75) is 30.8 Å². The van der Waals surface area contributed by atoms with Crippen LogP contribution >= 0.6 is 0 Å². The van der Waals surface area contributed by atoms with Gasteiger partial charge in [-0.3, -0.25) is 14.7 Å². The molecule has 1 aromatic heterocycles. The third kappa shape index (κ3) is 3.87. The predicted octanol–water partition coefficient (Wildman–Crippen LogP) is 5.85. The largest absolute Gasteiger partial charge is 0.448 e. The molecule has 6 nitrogen and oxygen atoms in total. The molecule has 2 unspecified atom stereocenters. The van der Waals surface area contributed by atoms with Gasteiger partial charge in [0.15, 0.2) is 5.78 Å². The molecule has 0 N–H and O–H groups in total. The molecule has 1 amide bonds. The molecule has 0 spiro atoms. The highest BCUT2D eigenvalue weighted by atomic mass is 16.6. The van der Waals surface area contributed by atoms with Crippen molar-refractivity contribution in [1.29, 1.82) is 0 Å². The van der Waals surface area contributed by atoms with Gasteiger partial charge < -0.3 is 9.47 Å². The number of aromatic nitrogens is 1. The molecular weight excluding hydrogens is 476 g/mol. The third-order valence-electron chi connectivity index (χ3n) is 8.36. The Morgan fingerprint density at radius 3 is 2.26 bits per heavy atom. The van der Waals surface area contributed by atoms with E-state index in [-0.39, 0.29) is 42.4 Å². The van der Waals surface area contributed by atoms with E-state index in [1.54, 1.807) is 12.4 Å². The highest BCUT2D eigenvalue weighted by molar-refractivity contribution is 6.01. The highest BCUT2D eigenvalue weighted by Crippen LogP contribution is 2.44. The van der Waals surface area contributed by atoms with Gasteiger partial charge in [0.25, 0.3) is 0 Å². The Labute approximate surface area is 221 Å². The molecule has 6 heteroatoms. The molecule has 2 aliphatic heterocycles. The number of benzene rings is 3. The molecule has 7 rings (SSSR count). The first kappa shape index (κ1) is 23.1. The molecule has 3 heterocycles. The monoisotopic (exact) mass is 504 g/mol. The van der Waals surface area contributed by atoms with Gasteiger partial charge in [-0.2, -0.15) is 0 Å². The summed E-state index contributed by atoms with van der Waals surface area (Å²) < 4.78 is 11.8. The van der Waals surface area contributed by atoms with Crippen molar-refractivity contribution in [2.24, 2.45) is 5.92 Å². The molecule has 0 saturated carbocycles. The van der Waals surface area contributed by atoms with Crippen LogP contribution in [0.3, 0.4) is 0 Å². The maximum Gasteiger partial charge on any atom is 0.410 e. The van der Waals surface area contributed by atoms with E-state index in [4.69, 9.17) is 9.47 Å². The van der Waals surface area contributed by atoms with E-state index >= 15 is 0 Å². The zero-order valence-electron chi connectivity index (χ0n) is 21.0. The number of nitrogens with zero attached hydrogens (tertiary/aromatic N) is 2. The summed E-state index contributed by atoms with van der Waals surface area (Å²) in [6, 6.07) is 24.0. The number of hydrogen-bond donors (Lipinski definition) is 0. The van der Waals surface area contributed by atoms with Gasteiger partial charge in [-0.1, -0.05) is 60.7 Å². The van der Waals surface area contributed by atoms with Gasteiger partial charge in [0.2, 0.25) is 0 Å². The number of ether oxygens (including phenoxy) is 2. The molecule has 2 bridgehead atoms. The van der Waals surface area contributed by atoms with Crippen molar-refractivity contribution in [3.63, 3.8) is 0 Å². The number of amides is 1. The summed E-state index contributed by atoms with van der Waals surface area (Å²) in [5.74, 6) is 0.00304. The Hall–Kier alpha value is -4.03. The average Bonchev–Trinajstić information content (AvgIpc) is 3.28. The van der Waals surface area contributed by atoms with Crippen LogP contribution in [0.1, 0.15) is 40.2 Å². The fourth-order valence-electron chi connectivity index (χ4n) is 6.57. The fourth-order valence-corrected chi connectivity index (χ4v) is 6.57. The van der Waals surface area contributed by atoms with Gasteiger partial charge >= 0.3 is 6.09 Å². The van der Waals surface area contributed by atoms with E-state index in [1.807, 2.05) is 53.4 Å². The summed E-state index contributed by atoms with van der Waals surface area (Å²) in [4.78, 5) is 32.9. The van der Waals surface area contributed by atoms with Crippen LogP contribution < -0.4 is 0 Å². The zero-order chi connectivity index (χ0) is 25.6. The number of rotatable bonds is 4. The second-order valence-corrected chi connectivity index (χ2v) is 10.5. The van der Waals surface area contributed by atoms with Crippen LogP contribution in [0, 0.1) is 5.92 Å². The van der Waals surface area contributed by atoms with Gasteiger partial charge in [0.1, 0.15) is 6.61 Å². The number of hydrogen-bond acceptors (Lipinski definition) is 5. The minimum atomic E-state index is -0.311. The predicted molar refractivity (Wildman–Crippen MR) is 144 cm³/mol. The number of morpholine rings is 1. The molecule has 1 aliphatic carbocycles. The summed E-state index contributed by atoms with van der Waals surface area (Å²) in [7, 11) is 0. The van der Waals surface area contributed by atoms with Crippen LogP contribution in [0.15, 0.2) is 85.2 Å². The van der Waals surface area contributed by atoms with Crippen molar-refractivity contribution in [2.75, 3.05) is 19.8 Å².